The average molecular weight is 245 g/mol. The molecule has 0 unspecified atom stereocenters. The van der Waals surface area contributed by atoms with Crippen molar-refractivity contribution in [2.45, 2.75) is 6.61 Å². The lowest BCUT2D eigenvalue weighted by Gasteiger charge is -2.30. The molecule has 0 spiro atoms. The van der Waals surface area contributed by atoms with E-state index in [0.29, 0.717) is 6.61 Å². The van der Waals surface area contributed by atoms with Gasteiger partial charge in [0, 0.05) is 55.6 Å². The Morgan fingerprint density at radius 3 is 2.89 bits per heavy atom. The Hall–Kier alpha value is -1.52. The van der Waals surface area contributed by atoms with Crippen LogP contribution in [0.4, 0.5) is 5.69 Å². The van der Waals surface area contributed by atoms with Gasteiger partial charge in [-0.05, 0) is 18.2 Å². The van der Waals surface area contributed by atoms with Crippen molar-refractivity contribution < 1.29 is 4.74 Å². The molecule has 0 saturated carbocycles. The van der Waals surface area contributed by atoms with Crippen molar-refractivity contribution >= 4 is 16.6 Å². The SMILES string of the molecule is COCc1cc2c(N3CCNCC3)cccc2[nH]1. The molecule has 2 aromatic rings. The van der Waals surface area contributed by atoms with Crippen molar-refractivity contribution in [3.05, 3.63) is 30.0 Å². The van der Waals surface area contributed by atoms with Crippen molar-refractivity contribution in [2.75, 3.05) is 38.2 Å². The van der Waals surface area contributed by atoms with Crippen LogP contribution in [0.1, 0.15) is 5.69 Å². The summed E-state index contributed by atoms with van der Waals surface area (Å²) in [6, 6.07) is 8.65. The molecular formula is C14H19N3O. The van der Waals surface area contributed by atoms with Crippen LogP contribution in [0, 0.1) is 0 Å². The number of fused-ring (bicyclic) bond motifs is 1. The monoisotopic (exact) mass is 245 g/mol. The molecule has 0 bridgehead atoms. The van der Waals surface area contributed by atoms with Gasteiger partial charge >= 0.3 is 0 Å². The van der Waals surface area contributed by atoms with Gasteiger partial charge < -0.3 is 19.9 Å². The third-order valence-corrected chi connectivity index (χ3v) is 3.45. The minimum absolute atomic E-state index is 0.635. The second-order valence-electron chi connectivity index (χ2n) is 4.70. The van der Waals surface area contributed by atoms with Crippen LogP contribution in [0.15, 0.2) is 24.3 Å². The first-order valence-electron chi connectivity index (χ1n) is 6.44. The minimum atomic E-state index is 0.635. The molecule has 1 saturated heterocycles. The Bertz CT molecular complexity index is 529. The van der Waals surface area contributed by atoms with E-state index in [9.17, 15) is 0 Å². The van der Waals surface area contributed by atoms with E-state index in [0.717, 1.165) is 31.9 Å². The van der Waals surface area contributed by atoms with Crippen LogP contribution in [0.25, 0.3) is 10.9 Å². The van der Waals surface area contributed by atoms with Gasteiger partial charge in [-0.2, -0.15) is 0 Å². The molecule has 4 heteroatoms. The maximum Gasteiger partial charge on any atom is 0.0862 e. The van der Waals surface area contributed by atoms with Gasteiger partial charge in [-0.3, -0.25) is 0 Å². The van der Waals surface area contributed by atoms with Crippen molar-refractivity contribution in [3.8, 4) is 0 Å². The van der Waals surface area contributed by atoms with Gasteiger partial charge in [-0.15, -0.1) is 0 Å². The van der Waals surface area contributed by atoms with Gasteiger partial charge in [0.15, 0.2) is 0 Å². The predicted molar refractivity (Wildman–Crippen MR) is 74.1 cm³/mol. The fourth-order valence-corrected chi connectivity index (χ4v) is 2.61. The first kappa shape index (κ1) is 11.6. The maximum atomic E-state index is 5.19. The number of hydrogen-bond acceptors (Lipinski definition) is 3. The van der Waals surface area contributed by atoms with Crippen LogP contribution in [0.2, 0.25) is 0 Å². The summed E-state index contributed by atoms with van der Waals surface area (Å²) in [7, 11) is 1.72. The molecule has 2 N–H and O–H groups in total. The van der Waals surface area contributed by atoms with Crippen LogP contribution in [0.5, 0.6) is 0 Å². The smallest absolute Gasteiger partial charge is 0.0862 e. The molecule has 96 valence electrons. The molecule has 0 aliphatic carbocycles. The van der Waals surface area contributed by atoms with Crippen LogP contribution in [-0.4, -0.2) is 38.3 Å². The average Bonchev–Trinajstić information content (AvgIpc) is 2.82. The Balaban J connectivity index is 1.99. The van der Waals surface area contributed by atoms with Gasteiger partial charge in [0.1, 0.15) is 0 Å². The van der Waals surface area contributed by atoms with E-state index in [2.05, 4.69) is 39.5 Å². The third-order valence-electron chi connectivity index (χ3n) is 3.45. The number of methoxy groups -OCH3 is 1. The predicted octanol–water partition coefficient (Wildman–Crippen LogP) is 1.72. The van der Waals surface area contributed by atoms with Crippen LogP contribution in [0.3, 0.4) is 0 Å². The maximum absolute atomic E-state index is 5.19. The molecule has 3 rings (SSSR count). The lowest BCUT2D eigenvalue weighted by atomic mass is 10.2. The molecule has 1 aromatic heterocycles. The van der Waals surface area contributed by atoms with Gasteiger partial charge in [-0.1, -0.05) is 6.07 Å². The quantitative estimate of drug-likeness (QED) is 0.865. The lowest BCUT2D eigenvalue weighted by molar-refractivity contribution is 0.182. The molecule has 1 aromatic carbocycles. The van der Waals surface area contributed by atoms with E-state index in [1.807, 2.05) is 0 Å². The van der Waals surface area contributed by atoms with Crippen LogP contribution >= 0.6 is 0 Å². The number of nitrogens with zero attached hydrogens (tertiary/aromatic N) is 1. The summed E-state index contributed by atoms with van der Waals surface area (Å²) in [5, 5.41) is 4.69. The Labute approximate surface area is 107 Å². The molecule has 1 aliphatic rings. The summed E-state index contributed by atoms with van der Waals surface area (Å²) < 4.78 is 5.19. The van der Waals surface area contributed by atoms with Gasteiger partial charge in [-0.25, -0.2) is 0 Å². The summed E-state index contributed by atoms with van der Waals surface area (Å²) in [5.41, 5.74) is 3.65. The second-order valence-corrected chi connectivity index (χ2v) is 4.70. The van der Waals surface area contributed by atoms with E-state index in [1.54, 1.807) is 7.11 Å². The number of H-pyrrole nitrogens is 1. The highest BCUT2D eigenvalue weighted by atomic mass is 16.5. The van der Waals surface area contributed by atoms with Gasteiger partial charge in [0.25, 0.3) is 0 Å². The number of nitrogens with one attached hydrogen (secondary N) is 2. The lowest BCUT2D eigenvalue weighted by Crippen LogP contribution is -2.43. The number of piperazine rings is 1. The number of rotatable bonds is 3. The highest BCUT2D eigenvalue weighted by Gasteiger charge is 2.14. The van der Waals surface area contributed by atoms with E-state index < -0.39 is 0 Å². The molecule has 1 fully saturated rings. The zero-order valence-electron chi connectivity index (χ0n) is 10.7. The third kappa shape index (κ3) is 2.09. The fraction of sp³-hybridized carbons (Fsp3) is 0.429. The van der Waals surface area contributed by atoms with Gasteiger partial charge in [0.05, 0.1) is 6.61 Å². The number of aromatic nitrogens is 1. The van der Waals surface area contributed by atoms with E-state index >= 15 is 0 Å². The van der Waals surface area contributed by atoms with Crippen molar-refractivity contribution in [3.63, 3.8) is 0 Å². The zero-order chi connectivity index (χ0) is 12.4. The van der Waals surface area contributed by atoms with E-state index in [-0.39, 0.29) is 0 Å². The Morgan fingerprint density at radius 2 is 2.11 bits per heavy atom. The highest BCUT2D eigenvalue weighted by Crippen LogP contribution is 2.28. The highest BCUT2D eigenvalue weighted by molar-refractivity contribution is 5.93. The van der Waals surface area contributed by atoms with E-state index in [1.165, 1.54) is 16.6 Å². The van der Waals surface area contributed by atoms with Crippen LogP contribution in [-0.2, 0) is 11.3 Å². The van der Waals surface area contributed by atoms with E-state index in [4.69, 9.17) is 4.74 Å². The Morgan fingerprint density at radius 1 is 1.28 bits per heavy atom. The minimum Gasteiger partial charge on any atom is -0.378 e. The number of ether oxygens (including phenoxy) is 1. The molecule has 1 aliphatic heterocycles. The topological polar surface area (TPSA) is 40.3 Å². The molecule has 0 atom stereocenters. The van der Waals surface area contributed by atoms with Crippen molar-refractivity contribution in [2.24, 2.45) is 0 Å². The number of aromatic amines is 1. The molecule has 4 nitrogen and oxygen atoms in total. The zero-order valence-corrected chi connectivity index (χ0v) is 10.7. The van der Waals surface area contributed by atoms with Crippen molar-refractivity contribution in [1.29, 1.82) is 0 Å². The van der Waals surface area contributed by atoms with Gasteiger partial charge in [0.2, 0.25) is 0 Å². The Kier molecular flexibility index (Phi) is 3.21. The largest absolute Gasteiger partial charge is 0.378 e. The summed E-state index contributed by atoms with van der Waals surface area (Å²) in [6.07, 6.45) is 0. The number of hydrogen-bond donors (Lipinski definition) is 2. The van der Waals surface area contributed by atoms with Crippen LogP contribution < -0.4 is 10.2 Å². The molecule has 2 heterocycles. The van der Waals surface area contributed by atoms with Crippen molar-refractivity contribution in [1.82, 2.24) is 10.3 Å². The summed E-state index contributed by atoms with van der Waals surface area (Å²) in [4.78, 5) is 5.86. The molecule has 0 amide bonds. The summed E-state index contributed by atoms with van der Waals surface area (Å²) in [5.74, 6) is 0. The molecular weight excluding hydrogens is 226 g/mol. The summed E-state index contributed by atoms with van der Waals surface area (Å²) in [6.45, 7) is 4.90. The molecule has 0 radical (unpaired) electrons. The normalized spacial score (nSPS) is 16.4. The number of anilines is 1. The number of benzene rings is 1. The first-order valence-corrected chi connectivity index (χ1v) is 6.44. The fourth-order valence-electron chi connectivity index (χ4n) is 2.61. The first-order chi connectivity index (χ1) is 8.88. The summed E-state index contributed by atoms with van der Waals surface area (Å²) >= 11 is 0. The standard InChI is InChI=1S/C14H19N3O/c1-18-10-11-9-12-13(16-11)3-2-4-14(12)17-7-5-15-6-8-17/h2-4,9,15-16H,5-8,10H2,1H3. The molecule has 18 heavy (non-hydrogen) atoms. The second kappa shape index (κ2) is 5.00.